The Morgan fingerprint density at radius 3 is 2.67 bits per heavy atom. The summed E-state index contributed by atoms with van der Waals surface area (Å²) >= 11 is 5.73. The normalized spacial score (nSPS) is 10.5. The fraction of sp³-hybridized carbons (Fsp3) is 0.400. The molecule has 0 heterocycles. The second-order valence-electron chi connectivity index (χ2n) is 3.01. The second kappa shape index (κ2) is 5.30. The van der Waals surface area contributed by atoms with Gasteiger partial charge in [-0.05, 0) is 13.0 Å². The molecule has 0 aliphatic heterocycles. The van der Waals surface area contributed by atoms with E-state index in [4.69, 9.17) is 21.2 Å². The predicted octanol–water partition coefficient (Wildman–Crippen LogP) is 2.45. The summed E-state index contributed by atoms with van der Waals surface area (Å²) in [5.74, 6) is 0.0381. The van der Waals surface area contributed by atoms with E-state index < -0.39 is 5.82 Å². The lowest BCUT2D eigenvalue weighted by atomic mass is 10.1. The van der Waals surface area contributed by atoms with E-state index in [9.17, 15) is 4.39 Å². The minimum atomic E-state index is -0.449. The van der Waals surface area contributed by atoms with Crippen LogP contribution in [0.4, 0.5) is 4.39 Å². The van der Waals surface area contributed by atoms with Gasteiger partial charge in [0.25, 0.3) is 0 Å². The molecular weight excluding hydrogens is 221 g/mol. The SMILES string of the molecule is CONCc1cc(Cl)c(F)c(C)c1OC. The first-order valence-electron chi connectivity index (χ1n) is 4.39. The van der Waals surface area contributed by atoms with Crippen molar-refractivity contribution in [2.45, 2.75) is 13.5 Å². The maximum Gasteiger partial charge on any atom is 0.148 e. The molecule has 0 aliphatic rings. The first-order valence-corrected chi connectivity index (χ1v) is 4.77. The van der Waals surface area contributed by atoms with Crippen molar-refractivity contribution in [3.05, 3.63) is 28.0 Å². The number of methoxy groups -OCH3 is 1. The van der Waals surface area contributed by atoms with Gasteiger partial charge in [-0.25, -0.2) is 4.39 Å². The first kappa shape index (κ1) is 12.2. The van der Waals surface area contributed by atoms with Crippen molar-refractivity contribution in [1.82, 2.24) is 5.48 Å². The largest absolute Gasteiger partial charge is 0.496 e. The zero-order valence-electron chi connectivity index (χ0n) is 8.86. The van der Waals surface area contributed by atoms with Crippen LogP contribution in [0, 0.1) is 12.7 Å². The van der Waals surface area contributed by atoms with Crippen LogP contribution in [0.3, 0.4) is 0 Å². The van der Waals surface area contributed by atoms with Gasteiger partial charge in [0.1, 0.15) is 11.6 Å². The van der Waals surface area contributed by atoms with Gasteiger partial charge in [-0.3, -0.25) is 0 Å². The zero-order chi connectivity index (χ0) is 11.4. The molecule has 1 N–H and O–H groups in total. The molecule has 0 bridgehead atoms. The molecule has 1 rings (SSSR count). The molecule has 0 spiro atoms. The minimum absolute atomic E-state index is 0.0844. The molecule has 0 amide bonds. The van der Waals surface area contributed by atoms with E-state index in [0.29, 0.717) is 17.9 Å². The standard InChI is InChI=1S/C10H13ClFNO2/c1-6-9(12)8(11)4-7(5-13-15-3)10(6)14-2/h4,13H,5H2,1-3H3. The topological polar surface area (TPSA) is 30.5 Å². The Labute approximate surface area is 93.1 Å². The molecule has 0 atom stereocenters. The molecule has 5 heteroatoms. The third-order valence-electron chi connectivity index (χ3n) is 2.08. The van der Waals surface area contributed by atoms with Crippen LogP contribution < -0.4 is 10.2 Å². The Morgan fingerprint density at radius 1 is 1.47 bits per heavy atom. The summed E-state index contributed by atoms with van der Waals surface area (Å²) in [4.78, 5) is 4.71. The van der Waals surface area contributed by atoms with Gasteiger partial charge in [0.15, 0.2) is 0 Å². The molecular formula is C10H13ClFNO2. The van der Waals surface area contributed by atoms with Gasteiger partial charge in [0.05, 0.1) is 19.2 Å². The summed E-state index contributed by atoms with van der Waals surface area (Å²) in [7, 11) is 3.00. The predicted molar refractivity (Wildman–Crippen MR) is 56.5 cm³/mol. The third-order valence-corrected chi connectivity index (χ3v) is 2.36. The number of hydrogen-bond acceptors (Lipinski definition) is 3. The molecule has 0 saturated carbocycles. The summed E-state index contributed by atoms with van der Waals surface area (Å²) in [5.41, 5.74) is 3.81. The number of benzene rings is 1. The smallest absolute Gasteiger partial charge is 0.148 e. The average Bonchev–Trinajstić information content (AvgIpc) is 2.23. The Bertz CT molecular complexity index is 358. The van der Waals surface area contributed by atoms with Gasteiger partial charge in [-0.1, -0.05) is 11.6 Å². The number of halogens is 2. The Kier molecular flexibility index (Phi) is 4.32. The highest BCUT2D eigenvalue weighted by Crippen LogP contribution is 2.30. The van der Waals surface area contributed by atoms with Crippen molar-refractivity contribution in [3.8, 4) is 5.75 Å². The van der Waals surface area contributed by atoms with E-state index in [2.05, 4.69) is 5.48 Å². The van der Waals surface area contributed by atoms with Gasteiger partial charge in [0, 0.05) is 17.7 Å². The third kappa shape index (κ3) is 2.59. The lowest BCUT2D eigenvalue weighted by Gasteiger charge is -2.13. The molecule has 0 saturated heterocycles. The molecule has 0 radical (unpaired) electrons. The van der Waals surface area contributed by atoms with Crippen LogP contribution >= 0.6 is 11.6 Å². The molecule has 1 aromatic rings. The van der Waals surface area contributed by atoms with Crippen LogP contribution in [0.1, 0.15) is 11.1 Å². The summed E-state index contributed by atoms with van der Waals surface area (Å²) < 4.78 is 18.5. The van der Waals surface area contributed by atoms with Crippen LogP contribution in [-0.2, 0) is 11.4 Å². The molecule has 3 nitrogen and oxygen atoms in total. The van der Waals surface area contributed by atoms with E-state index in [-0.39, 0.29) is 5.02 Å². The van der Waals surface area contributed by atoms with Crippen molar-refractivity contribution >= 4 is 11.6 Å². The summed E-state index contributed by atoms with van der Waals surface area (Å²) in [5, 5.41) is 0.0844. The maximum absolute atomic E-state index is 13.4. The second-order valence-corrected chi connectivity index (χ2v) is 3.42. The number of hydroxylamine groups is 1. The molecule has 0 aromatic heterocycles. The van der Waals surface area contributed by atoms with Crippen molar-refractivity contribution in [3.63, 3.8) is 0 Å². The van der Waals surface area contributed by atoms with Gasteiger partial charge in [0.2, 0.25) is 0 Å². The van der Waals surface area contributed by atoms with Crippen LogP contribution in [0.2, 0.25) is 5.02 Å². The molecule has 0 aliphatic carbocycles. The number of ether oxygens (including phenoxy) is 1. The Morgan fingerprint density at radius 2 is 2.13 bits per heavy atom. The number of nitrogens with one attached hydrogen (secondary N) is 1. The highest BCUT2D eigenvalue weighted by molar-refractivity contribution is 6.30. The van der Waals surface area contributed by atoms with Crippen molar-refractivity contribution in [1.29, 1.82) is 0 Å². The molecule has 15 heavy (non-hydrogen) atoms. The molecule has 0 fully saturated rings. The number of rotatable bonds is 4. The molecule has 1 aromatic carbocycles. The van der Waals surface area contributed by atoms with Gasteiger partial charge >= 0.3 is 0 Å². The average molecular weight is 234 g/mol. The first-order chi connectivity index (χ1) is 7.11. The van der Waals surface area contributed by atoms with Crippen LogP contribution in [-0.4, -0.2) is 14.2 Å². The summed E-state index contributed by atoms with van der Waals surface area (Å²) in [6.07, 6.45) is 0. The van der Waals surface area contributed by atoms with Gasteiger partial charge < -0.3 is 9.57 Å². The monoisotopic (exact) mass is 233 g/mol. The molecule has 84 valence electrons. The highest BCUT2D eigenvalue weighted by atomic mass is 35.5. The minimum Gasteiger partial charge on any atom is -0.496 e. The lowest BCUT2D eigenvalue weighted by Crippen LogP contribution is -2.12. The Hall–Kier alpha value is -0.840. The molecule has 0 unspecified atom stereocenters. The van der Waals surface area contributed by atoms with Crippen molar-refractivity contribution in [2.24, 2.45) is 0 Å². The van der Waals surface area contributed by atoms with Crippen LogP contribution in [0.15, 0.2) is 6.07 Å². The van der Waals surface area contributed by atoms with Crippen LogP contribution in [0.25, 0.3) is 0 Å². The summed E-state index contributed by atoms with van der Waals surface area (Å²) in [6.45, 7) is 2.02. The zero-order valence-corrected chi connectivity index (χ0v) is 9.61. The highest BCUT2D eigenvalue weighted by Gasteiger charge is 2.14. The fourth-order valence-electron chi connectivity index (χ4n) is 1.37. The quantitative estimate of drug-likeness (QED) is 0.811. The van der Waals surface area contributed by atoms with Crippen molar-refractivity contribution < 1.29 is 14.0 Å². The van der Waals surface area contributed by atoms with Gasteiger partial charge in [-0.2, -0.15) is 5.48 Å². The van der Waals surface area contributed by atoms with E-state index >= 15 is 0 Å². The summed E-state index contributed by atoms with van der Waals surface area (Å²) in [6, 6.07) is 1.52. The van der Waals surface area contributed by atoms with E-state index in [0.717, 1.165) is 5.56 Å². The Balaban J connectivity index is 3.13. The lowest BCUT2D eigenvalue weighted by molar-refractivity contribution is 0.0861. The van der Waals surface area contributed by atoms with E-state index in [1.807, 2.05) is 0 Å². The van der Waals surface area contributed by atoms with Crippen LogP contribution in [0.5, 0.6) is 5.75 Å². The van der Waals surface area contributed by atoms with Gasteiger partial charge in [-0.15, -0.1) is 0 Å². The fourth-order valence-corrected chi connectivity index (χ4v) is 1.64. The maximum atomic E-state index is 13.4. The van der Waals surface area contributed by atoms with E-state index in [1.54, 1.807) is 6.92 Å². The van der Waals surface area contributed by atoms with E-state index in [1.165, 1.54) is 20.3 Å². The van der Waals surface area contributed by atoms with Crippen molar-refractivity contribution in [2.75, 3.05) is 14.2 Å². The number of hydrogen-bond donors (Lipinski definition) is 1.